The first kappa shape index (κ1) is 25.8. The topological polar surface area (TPSA) is 6.48 Å². The van der Waals surface area contributed by atoms with Gasteiger partial charge in [0.15, 0.2) is 0 Å². The predicted molar refractivity (Wildman–Crippen MR) is 188 cm³/mol. The number of fused-ring (bicyclic) bond motifs is 3. The third-order valence-electron chi connectivity index (χ3n) is 8.40. The normalized spacial score (nSPS) is 11.2. The lowest BCUT2D eigenvalue weighted by Crippen LogP contribution is -2.13. The third kappa shape index (κ3) is 4.45. The van der Waals surface area contributed by atoms with E-state index in [-0.39, 0.29) is 0 Å². The van der Waals surface area contributed by atoms with E-state index in [2.05, 4.69) is 192 Å². The van der Waals surface area contributed by atoms with Gasteiger partial charge in [0.1, 0.15) is 0 Å². The molecule has 208 valence electrons. The van der Waals surface area contributed by atoms with Crippen LogP contribution in [0.4, 0.5) is 34.1 Å². The van der Waals surface area contributed by atoms with Crippen LogP contribution in [0.5, 0.6) is 0 Å². The van der Waals surface area contributed by atoms with Crippen LogP contribution in [0.2, 0.25) is 0 Å². The van der Waals surface area contributed by atoms with Crippen molar-refractivity contribution in [2.45, 2.75) is 0 Å². The van der Waals surface area contributed by atoms with Crippen LogP contribution in [-0.4, -0.2) is 0 Å². The van der Waals surface area contributed by atoms with Crippen molar-refractivity contribution in [1.29, 1.82) is 0 Å². The molecular formula is C42H30N2. The molecule has 8 aromatic rings. The lowest BCUT2D eigenvalue weighted by molar-refractivity contribution is 1.29. The van der Waals surface area contributed by atoms with Crippen LogP contribution in [0.25, 0.3) is 32.3 Å². The largest absolute Gasteiger partial charge is 0.309 e. The van der Waals surface area contributed by atoms with Gasteiger partial charge in [0.25, 0.3) is 0 Å². The summed E-state index contributed by atoms with van der Waals surface area (Å²) < 4.78 is 0. The summed E-state index contributed by atoms with van der Waals surface area (Å²) in [5, 5.41) is 7.24. The molecule has 0 aromatic heterocycles. The number of nitrogens with zero attached hydrogens (tertiary/aromatic N) is 2. The zero-order chi connectivity index (χ0) is 29.3. The molecule has 0 N–H and O–H groups in total. The number of anilines is 6. The molecule has 0 fully saturated rings. The van der Waals surface area contributed by atoms with Crippen LogP contribution >= 0.6 is 0 Å². The van der Waals surface area contributed by atoms with E-state index in [4.69, 9.17) is 0 Å². The van der Waals surface area contributed by atoms with Gasteiger partial charge in [0.05, 0.1) is 22.7 Å². The van der Waals surface area contributed by atoms with E-state index in [0.29, 0.717) is 0 Å². The Morgan fingerprint density at radius 3 is 0.977 bits per heavy atom. The highest BCUT2D eigenvalue weighted by Crippen LogP contribution is 2.47. The van der Waals surface area contributed by atoms with Gasteiger partial charge in [-0.3, -0.25) is 0 Å². The average molecular weight is 563 g/mol. The molecule has 0 radical (unpaired) electrons. The van der Waals surface area contributed by atoms with Crippen molar-refractivity contribution in [3.05, 3.63) is 182 Å². The molecular weight excluding hydrogens is 532 g/mol. The summed E-state index contributed by atoms with van der Waals surface area (Å²) in [4.78, 5) is 4.80. The molecule has 0 saturated heterocycles. The van der Waals surface area contributed by atoms with Gasteiger partial charge in [-0.15, -0.1) is 0 Å². The summed E-state index contributed by atoms with van der Waals surface area (Å²) in [6, 6.07) is 65.1. The van der Waals surface area contributed by atoms with Gasteiger partial charge >= 0.3 is 0 Å². The standard InChI is InChI=1S/C42H30N2/c1-3-19-33(20-4-1)43(39-27-13-17-31-15-7-9-23-35(31)39)41-29-30-42(38-26-12-11-25-37(38)41)44(34-21-5-2-6-22-34)40-28-14-18-32-16-8-10-24-36(32)40/h1-30H. The Kier molecular flexibility index (Phi) is 6.51. The van der Waals surface area contributed by atoms with Gasteiger partial charge in [0, 0.05) is 32.9 Å². The van der Waals surface area contributed by atoms with E-state index in [9.17, 15) is 0 Å². The minimum absolute atomic E-state index is 1.12. The molecule has 0 spiro atoms. The maximum absolute atomic E-state index is 2.40. The monoisotopic (exact) mass is 562 g/mol. The van der Waals surface area contributed by atoms with Crippen LogP contribution < -0.4 is 9.80 Å². The van der Waals surface area contributed by atoms with Crippen LogP contribution in [0.3, 0.4) is 0 Å². The van der Waals surface area contributed by atoms with E-state index in [1.54, 1.807) is 0 Å². The summed E-state index contributed by atoms with van der Waals surface area (Å²) in [5.41, 5.74) is 6.82. The molecule has 2 nitrogen and oxygen atoms in total. The minimum Gasteiger partial charge on any atom is -0.309 e. The van der Waals surface area contributed by atoms with E-state index in [1.807, 2.05) is 0 Å². The summed E-state index contributed by atoms with van der Waals surface area (Å²) >= 11 is 0. The Hall–Kier alpha value is -5.86. The Labute approximate surface area is 257 Å². The highest BCUT2D eigenvalue weighted by Gasteiger charge is 2.22. The van der Waals surface area contributed by atoms with Crippen molar-refractivity contribution in [3.63, 3.8) is 0 Å². The number of hydrogen-bond acceptors (Lipinski definition) is 2. The summed E-state index contributed by atoms with van der Waals surface area (Å²) in [7, 11) is 0. The van der Waals surface area contributed by atoms with Gasteiger partial charge in [0.2, 0.25) is 0 Å². The zero-order valence-corrected chi connectivity index (χ0v) is 24.2. The van der Waals surface area contributed by atoms with Crippen LogP contribution in [0, 0.1) is 0 Å². The lowest BCUT2D eigenvalue weighted by Gasteiger charge is -2.31. The average Bonchev–Trinajstić information content (AvgIpc) is 3.10. The number of benzene rings is 8. The van der Waals surface area contributed by atoms with Crippen molar-refractivity contribution >= 4 is 66.4 Å². The van der Waals surface area contributed by atoms with Gasteiger partial charge < -0.3 is 9.80 Å². The number of rotatable bonds is 6. The predicted octanol–water partition coefficient (Wildman–Crippen LogP) is 12.1. The second-order valence-electron chi connectivity index (χ2n) is 11.0. The Balaban J connectivity index is 1.41. The molecule has 0 unspecified atom stereocenters. The van der Waals surface area contributed by atoms with Crippen LogP contribution in [0.1, 0.15) is 0 Å². The molecule has 0 aliphatic rings. The minimum atomic E-state index is 1.12. The molecule has 0 atom stereocenters. The molecule has 44 heavy (non-hydrogen) atoms. The molecule has 8 rings (SSSR count). The second-order valence-corrected chi connectivity index (χ2v) is 11.0. The first-order valence-electron chi connectivity index (χ1n) is 15.0. The summed E-state index contributed by atoms with van der Waals surface area (Å²) in [5.74, 6) is 0. The molecule has 0 heterocycles. The first-order chi connectivity index (χ1) is 21.9. The van der Waals surface area contributed by atoms with E-state index in [0.717, 1.165) is 34.1 Å². The fraction of sp³-hybridized carbons (Fsp3) is 0. The van der Waals surface area contributed by atoms with Crippen molar-refractivity contribution in [3.8, 4) is 0 Å². The Morgan fingerprint density at radius 1 is 0.227 bits per heavy atom. The SMILES string of the molecule is c1ccc(N(c2cccc3ccccc23)c2ccc(N(c3ccccc3)c3cccc4ccccc34)c3ccccc23)cc1. The molecule has 8 aromatic carbocycles. The van der Waals surface area contributed by atoms with E-state index < -0.39 is 0 Å². The quantitative estimate of drug-likeness (QED) is 0.199. The molecule has 0 aliphatic heterocycles. The maximum atomic E-state index is 2.40. The van der Waals surface area contributed by atoms with Gasteiger partial charge in [-0.1, -0.05) is 133 Å². The third-order valence-corrected chi connectivity index (χ3v) is 8.40. The highest BCUT2D eigenvalue weighted by atomic mass is 15.2. The zero-order valence-electron chi connectivity index (χ0n) is 24.2. The van der Waals surface area contributed by atoms with Crippen molar-refractivity contribution in [2.75, 3.05) is 9.80 Å². The number of hydrogen-bond donors (Lipinski definition) is 0. The van der Waals surface area contributed by atoms with Crippen molar-refractivity contribution in [1.82, 2.24) is 0 Å². The van der Waals surface area contributed by atoms with Gasteiger partial charge in [-0.05, 0) is 59.3 Å². The molecule has 0 amide bonds. The van der Waals surface area contributed by atoms with Crippen LogP contribution in [-0.2, 0) is 0 Å². The molecule has 0 bridgehead atoms. The van der Waals surface area contributed by atoms with Gasteiger partial charge in [-0.25, -0.2) is 0 Å². The van der Waals surface area contributed by atoms with Crippen molar-refractivity contribution in [2.24, 2.45) is 0 Å². The molecule has 0 aliphatic carbocycles. The Morgan fingerprint density at radius 2 is 0.545 bits per heavy atom. The molecule has 0 saturated carbocycles. The second kappa shape index (κ2) is 11.1. The first-order valence-corrected chi connectivity index (χ1v) is 15.0. The van der Waals surface area contributed by atoms with Crippen molar-refractivity contribution < 1.29 is 0 Å². The van der Waals surface area contributed by atoms with Gasteiger partial charge in [-0.2, -0.15) is 0 Å². The lowest BCUT2D eigenvalue weighted by atomic mass is 10.0. The maximum Gasteiger partial charge on any atom is 0.0541 e. The number of para-hydroxylation sites is 2. The van der Waals surface area contributed by atoms with Crippen LogP contribution in [0.15, 0.2) is 182 Å². The summed E-state index contributed by atoms with van der Waals surface area (Å²) in [6.45, 7) is 0. The molecule has 2 heteroatoms. The highest BCUT2D eigenvalue weighted by molar-refractivity contribution is 6.11. The fourth-order valence-electron chi connectivity index (χ4n) is 6.43. The fourth-order valence-corrected chi connectivity index (χ4v) is 6.43. The van der Waals surface area contributed by atoms with E-state index in [1.165, 1.54) is 32.3 Å². The smallest absolute Gasteiger partial charge is 0.0541 e. The van der Waals surface area contributed by atoms with E-state index >= 15 is 0 Å². The Bertz CT molecular complexity index is 2070. The summed E-state index contributed by atoms with van der Waals surface area (Å²) in [6.07, 6.45) is 0.